The second-order valence-electron chi connectivity index (χ2n) is 3.12. The minimum absolute atomic E-state index is 0.687. The van der Waals surface area contributed by atoms with Crippen LogP contribution in [-0.2, 0) is 0 Å². The van der Waals surface area contributed by atoms with Gasteiger partial charge in [0, 0.05) is 10.2 Å². The number of hydrogen-bond acceptors (Lipinski definition) is 2. The molecule has 0 saturated carbocycles. The van der Waals surface area contributed by atoms with E-state index < -0.39 is 0 Å². The van der Waals surface area contributed by atoms with Crippen LogP contribution in [-0.4, -0.2) is 13.1 Å². The lowest BCUT2D eigenvalue weighted by Gasteiger charge is -1.95. The fourth-order valence-corrected chi connectivity index (χ4v) is 1.75. The van der Waals surface area contributed by atoms with Gasteiger partial charge in [0.2, 0.25) is 0 Å². The Labute approximate surface area is 81.7 Å². The van der Waals surface area contributed by atoms with E-state index in [-0.39, 0.29) is 0 Å². The van der Waals surface area contributed by atoms with Crippen LogP contribution < -0.4 is 16.3 Å². The average Bonchev–Trinajstić information content (AvgIpc) is 2.49. The van der Waals surface area contributed by atoms with Crippen LogP contribution in [0.25, 0.3) is 5.57 Å². The highest BCUT2D eigenvalue weighted by atomic mass is 35.5. The number of nitrogens with two attached hydrogens (primary N) is 1. The second kappa shape index (κ2) is 3.48. The van der Waals surface area contributed by atoms with Crippen molar-refractivity contribution in [3.63, 3.8) is 0 Å². The smallest absolute Gasteiger partial charge is 0.0665 e. The summed E-state index contributed by atoms with van der Waals surface area (Å²) < 4.78 is 0. The van der Waals surface area contributed by atoms with Crippen molar-refractivity contribution in [3.05, 3.63) is 33.8 Å². The molecule has 0 unspecified atom stereocenters. The lowest BCUT2D eigenvalue weighted by atomic mass is 10.1. The normalized spacial score (nSPS) is 14.2. The minimum Gasteiger partial charge on any atom is -0.330 e. The van der Waals surface area contributed by atoms with Gasteiger partial charge >= 0.3 is 0 Å². The maximum atomic E-state index is 5.85. The molecule has 68 valence electrons. The van der Waals surface area contributed by atoms with Crippen molar-refractivity contribution < 1.29 is 0 Å². The van der Waals surface area contributed by atoms with E-state index in [4.69, 9.17) is 17.3 Å². The molecule has 2 rings (SSSR count). The van der Waals surface area contributed by atoms with E-state index in [1.807, 2.05) is 18.2 Å². The molecule has 0 atom stereocenters. The summed E-state index contributed by atoms with van der Waals surface area (Å²) in [7, 11) is 0. The topological polar surface area (TPSA) is 38.4 Å². The molecular weight excluding hydrogens is 184 g/mol. The molecule has 1 heterocycles. The van der Waals surface area contributed by atoms with Crippen LogP contribution in [0.15, 0.2) is 23.2 Å². The molecule has 0 radical (unpaired) electrons. The van der Waals surface area contributed by atoms with Crippen LogP contribution in [0.5, 0.6) is 0 Å². The Morgan fingerprint density at radius 1 is 1.46 bits per heavy atom. The fourth-order valence-electron chi connectivity index (χ4n) is 1.59. The minimum atomic E-state index is 0.687. The first-order valence-electron chi connectivity index (χ1n) is 4.33. The summed E-state index contributed by atoms with van der Waals surface area (Å²) >= 11 is 5.85. The molecule has 2 nitrogen and oxygen atoms in total. The summed E-state index contributed by atoms with van der Waals surface area (Å²) in [6.07, 6.45) is 0.929. The molecule has 2 N–H and O–H groups in total. The third-order valence-electron chi connectivity index (χ3n) is 2.23. The van der Waals surface area contributed by atoms with Crippen LogP contribution in [0.3, 0.4) is 0 Å². The fraction of sp³-hybridized carbons (Fsp3) is 0.300. The van der Waals surface area contributed by atoms with E-state index in [0.29, 0.717) is 6.54 Å². The van der Waals surface area contributed by atoms with Crippen LogP contribution >= 0.6 is 11.6 Å². The monoisotopic (exact) mass is 194 g/mol. The van der Waals surface area contributed by atoms with Crippen molar-refractivity contribution >= 4 is 17.2 Å². The van der Waals surface area contributed by atoms with Crippen LogP contribution in [0, 0.1) is 0 Å². The van der Waals surface area contributed by atoms with E-state index in [1.54, 1.807) is 0 Å². The van der Waals surface area contributed by atoms with E-state index >= 15 is 0 Å². The van der Waals surface area contributed by atoms with Gasteiger partial charge in [0.25, 0.3) is 0 Å². The molecule has 0 bridgehead atoms. The first-order chi connectivity index (χ1) is 6.31. The van der Waals surface area contributed by atoms with Crippen molar-refractivity contribution in [1.82, 2.24) is 0 Å². The summed E-state index contributed by atoms with van der Waals surface area (Å²) in [6, 6.07) is 5.83. The number of halogens is 1. The first kappa shape index (κ1) is 8.73. The van der Waals surface area contributed by atoms with Gasteiger partial charge in [-0.15, -0.1) is 0 Å². The predicted molar refractivity (Wildman–Crippen MR) is 54.2 cm³/mol. The summed E-state index contributed by atoms with van der Waals surface area (Å²) in [5.41, 5.74) is 6.83. The molecule has 0 saturated heterocycles. The molecular formula is C10H11ClN2. The van der Waals surface area contributed by atoms with Gasteiger partial charge in [-0.05, 0) is 30.7 Å². The van der Waals surface area contributed by atoms with E-state index in [0.717, 1.165) is 23.3 Å². The van der Waals surface area contributed by atoms with Crippen molar-refractivity contribution in [3.8, 4) is 0 Å². The first-order valence-corrected chi connectivity index (χ1v) is 4.71. The molecule has 0 amide bonds. The van der Waals surface area contributed by atoms with Gasteiger partial charge in [0.15, 0.2) is 0 Å². The molecule has 1 aromatic carbocycles. The Balaban J connectivity index is 2.58. The van der Waals surface area contributed by atoms with E-state index in [9.17, 15) is 0 Å². The maximum Gasteiger partial charge on any atom is 0.0665 e. The van der Waals surface area contributed by atoms with Gasteiger partial charge < -0.3 is 5.73 Å². The third-order valence-corrected chi connectivity index (χ3v) is 2.46. The number of benzene rings is 1. The predicted octanol–water partition coefficient (Wildman–Crippen LogP) is 0.473. The highest BCUT2D eigenvalue weighted by molar-refractivity contribution is 6.30. The van der Waals surface area contributed by atoms with Gasteiger partial charge in [-0.1, -0.05) is 17.7 Å². The molecule has 0 aliphatic carbocycles. The molecule has 0 spiro atoms. The highest BCUT2D eigenvalue weighted by Gasteiger charge is 2.05. The summed E-state index contributed by atoms with van der Waals surface area (Å²) in [5.74, 6) is 0. The maximum absolute atomic E-state index is 5.85. The Kier molecular flexibility index (Phi) is 2.34. The number of nitrogens with zero attached hydrogens (tertiary/aromatic N) is 1. The number of fused-ring (bicyclic) bond motifs is 1. The molecule has 1 aliphatic rings. The van der Waals surface area contributed by atoms with Crippen LogP contribution in [0.4, 0.5) is 0 Å². The van der Waals surface area contributed by atoms with Crippen molar-refractivity contribution in [2.75, 3.05) is 13.1 Å². The second-order valence-corrected chi connectivity index (χ2v) is 3.56. The lowest BCUT2D eigenvalue weighted by molar-refractivity contribution is 0.993. The zero-order valence-electron chi connectivity index (χ0n) is 7.26. The Bertz CT molecular complexity index is 437. The Hall–Kier alpha value is -0.860. The number of rotatable bonds is 2. The Morgan fingerprint density at radius 3 is 3.08 bits per heavy atom. The standard InChI is InChI=1S/C10H11ClN2/c11-8-1-2-9-7(3-4-12)6-13-10(9)5-8/h1-2,5H,3-4,6,12H2. The van der Waals surface area contributed by atoms with Gasteiger partial charge in [0.1, 0.15) is 0 Å². The summed E-state index contributed by atoms with van der Waals surface area (Å²) in [6.45, 7) is 1.47. The van der Waals surface area contributed by atoms with Gasteiger partial charge in [0.05, 0.1) is 11.9 Å². The largest absolute Gasteiger partial charge is 0.330 e. The van der Waals surface area contributed by atoms with Crippen molar-refractivity contribution in [2.24, 2.45) is 10.7 Å². The van der Waals surface area contributed by atoms with Crippen molar-refractivity contribution in [1.29, 1.82) is 0 Å². The van der Waals surface area contributed by atoms with E-state index in [2.05, 4.69) is 4.99 Å². The lowest BCUT2D eigenvalue weighted by Crippen LogP contribution is -2.23. The van der Waals surface area contributed by atoms with Gasteiger partial charge in [-0.2, -0.15) is 0 Å². The Morgan fingerprint density at radius 2 is 2.31 bits per heavy atom. The van der Waals surface area contributed by atoms with Crippen molar-refractivity contribution in [2.45, 2.75) is 6.42 Å². The van der Waals surface area contributed by atoms with Crippen LogP contribution in [0.1, 0.15) is 6.42 Å². The molecule has 1 aliphatic heterocycles. The summed E-state index contributed by atoms with van der Waals surface area (Å²) in [4.78, 5) is 4.38. The molecule has 13 heavy (non-hydrogen) atoms. The SMILES string of the molecule is NCCC1=c2ccc(Cl)cc2=NC1. The zero-order valence-corrected chi connectivity index (χ0v) is 8.01. The molecule has 0 fully saturated rings. The average molecular weight is 195 g/mol. The summed E-state index contributed by atoms with van der Waals surface area (Å²) in [5, 5.41) is 2.97. The van der Waals surface area contributed by atoms with Gasteiger partial charge in [-0.25, -0.2) is 0 Å². The molecule has 3 heteroatoms. The number of hydrogen-bond donors (Lipinski definition) is 1. The molecule has 1 aromatic rings. The zero-order chi connectivity index (χ0) is 9.26. The molecule has 0 aromatic heterocycles. The van der Waals surface area contributed by atoms with Crippen LogP contribution in [0.2, 0.25) is 5.02 Å². The van der Waals surface area contributed by atoms with E-state index in [1.165, 1.54) is 10.8 Å². The third kappa shape index (κ3) is 1.60. The quantitative estimate of drug-likeness (QED) is 0.731. The highest BCUT2D eigenvalue weighted by Crippen LogP contribution is 2.05. The van der Waals surface area contributed by atoms with Gasteiger partial charge in [-0.3, -0.25) is 4.99 Å².